The van der Waals surface area contributed by atoms with Crippen LogP contribution in [0.3, 0.4) is 0 Å². The van der Waals surface area contributed by atoms with E-state index in [1.54, 1.807) is 37.3 Å². The van der Waals surface area contributed by atoms with Crippen LogP contribution in [0.4, 0.5) is 0 Å². The summed E-state index contributed by atoms with van der Waals surface area (Å²) >= 11 is 14.2. The maximum atomic E-state index is 12.8. The molecule has 0 radical (unpaired) electrons. The Bertz CT molecular complexity index is 1860. The fraction of sp³-hybridized carbons (Fsp3) is 0.200. The van der Waals surface area contributed by atoms with Crippen molar-refractivity contribution >= 4 is 60.6 Å². The summed E-state index contributed by atoms with van der Waals surface area (Å²) in [4.78, 5) is 24.7. The number of nitrogens with one attached hydrogen (secondary N) is 1. The molecule has 1 aromatic heterocycles. The summed E-state index contributed by atoms with van der Waals surface area (Å²) in [5.74, 6) is -0.636. The Hall–Kier alpha value is -4.40. The number of hydrogen-bond donors (Lipinski definition) is 1. The van der Waals surface area contributed by atoms with Gasteiger partial charge in [-0.25, -0.2) is 4.79 Å². The highest BCUT2D eigenvalue weighted by Crippen LogP contribution is 2.45. The monoisotopic (exact) mass is 710 g/mol. The van der Waals surface area contributed by atoms with E-state index in [4.69, 9.17) is 32.4 Å². The van der Waals surface area contributed by atoms with Crippen molar-refractivity contribution in [3.05, 3.63) is 154 Å². The second kappa shape index (κ2) is 16.3. The molecule has 252 valence electrons. The predicted octanol–water partition coefficient (Wildman–Crippen LogP) is 7.93. The lowest BCUT2D eigenvalue weighted by Crippen LogP contribution is -2.47. The van der Waals surface area contributed by atoms with Crippen molar-refractivity contribution in [2.45, 2.75) is 40.3 Å². The molecule has 1 unspecified atom stereocenters. The number of halogens is 2. The Kier molecular flexibility index (Phi) is 12.0. The fourth-order valence-electron chi connectivity index (χ4n) is 5.58. The number of benzene rings is 4. The van der Waals surface area contributed by atoms with Crippen LogP contribution in [0.15, 0.2) is 121 Å². The van der Waals surface area contributed by atoms with Gasteiger partial charge in [0.15, 0.2) is 0 Å². The normalized spacial score (nSPS) is 12.3. The molecule has 5 aromatic rings. The van der Waals surface area contributed by atoms with E-state index < -0.39 is 15.1 Å². The fourth-order valence-corrected chi connectivity index (χ4v) is 8.90. The molecule has 0 fully saturated rings. The van der Waals surface area contributed by atoms with Crippen molar-refractivity contribution in [2.24, 2.45) is 5.41 Å². The maximum Gasteiger partial charge on any atom is 0.338 e. The largest absolute Gasteiger partial charge is 0.462 e. The van der Waals surface area contributed by atoms with Crippen molar-refractivity contribution in [1.82, 2.24) is 9.88 Å². The van der Waals surface area contributed by atoms with Gasteiger partial charge in [0.2, 0.25) is 14.9 Å². The van der Waals surface area contributed by atoms with Crippen molar-refractivity contribution < 1.29 is 18.8 Å². The van der Waals surface area contributed by atoms with Gasteiger partial charge >= 0.3 is 5.97 Å². The minimum absolute atomic E-state index is 0.260. The van der Waals surface area contributed by atoms with Gasteiger partial charge in [0, 0.05) is 28.6 Å². The number of amides is 1. The molecule has 1 heterocycles. The smallest absolute Gasteiger partial charge is 0.338 e. The Morgan fingerprint density at radius 2 is 1.49 bits per heavy atom. The summed E-state index contributed by atoms with van der Waals surface area (Å²) in [7, 11) is -2.17. The zero-order valence-corrected chi connectivity index (χ0v) is 30.7. The molecule has 0 saturated carbocycles. The van der Waals surface area contributed by atoms with Gasteiger partial charge in [-0.1, -0.05) is 117 Å². The average Bonchev–Trinajstić information content (AvgIpc) is 3.56. The van der Waals surface area contributed by atoms with Gasteiger partial charge in [0.05, 0.1) is 35.5 Å². The predicted molar refractivity (Wildman–Crippen MR) is 202 cm³/mol. The molecule has 0 spiro atoms. The van der Waals surface area contributed by atoms with Crippen LogP contribution in [0.25, 0.3) is 11.8 Å². The van der Waals surface area contributed by atoms with Crippen molar-refractivity contribution in [1.29, 1.82) is 0 Å². The molecule has 0 bridgehead atoms. The first-order valence-corrected chi connectivity index (χ1v) is 18.6. The molecule has 6 nitrogen and oxygen atoms in total. The topological polar surface area (TPSA) is 69.6 Å². The van der Waals surface area contributed by atoms with E-state index in [-0.39, 0.29) is 23.8 Å². The van der Waals surface area contributed by atoms with Crippen LogP contribution in [0.1, 0.15) is 61.0 Å². The van der Waals surface area contributed by atoms with Gasteiger partial charge in [-0.3, -0.25) is 4.79 Å². The Balaban J connectivity index is 1.38. The van der Waals surface area contributed by atoms with Crippen LogP contribution in [0.5, 0.6) is 0 Å². The molecule has 0 saturated heterocycles. The van der Waals surface area contributed by atoms with Crippen molar-refractivity contribution in [2.75, 3.05) is 6.61 Å². The zero-order chi connectivity index (χ0) is 35.0. The molecular weight excluding hydrogens is 671 g/mol. The summed E-state index contributed by atoms with van der Waals surface area (Å²) in [6.45, 7) is 8.75. The Morgan fingerprint density at radius 1 is 0.857 bits per heavy atom. The Labute approximate surface area is 300 Å². The summed E-state index contributed by atoms with van der Waals surface area (Å²) in [5.41, 5.74) is 3.21. The number of carbonyl (C=O) groups excluding carboxylic acids is 2. The molecule has 49 heavy (non-hydrogen) atoms. The van der Waals surface area contributed by atoms with Gasteiger partial charge in [-0.15, -0.1) is 0 Å². The molecular formula is C40H40Cl2N2O4Si. The second-order valence-corrected chi connectivity index (χ2v) is 15.8. The van der Waals surface area contributed by atoms with Crippen LogP contribution in [0, 0.1) is 5.41 Å². The number of esters is 1. The zero-order valence-electron chi connectivity index (χ0n) is 28.0. The first-order valence-electron chi connectivity index (χ1n) is 16.2. The van der Waals surface area contributed by atoms with E-state index in [0.29, 0.717) is 22.2 Å². The van der Waals surface area contributed by atoms with Crippen LogP contribution < -0.4 is 15.7 Å². The number of ether oxygens (including phenoxy) is 1. The number of rotatable bonds is 12. The molecule has 9 heteroatoms. The SMILES string of the molecule is CCOC(=O)c1ccc(C=CC(=O)NCc2cccn2-c2ccc(Cl)c(C(O[SiH](c3ccccc3)c3ccccc3)C(C)(C)C)c2Cl)cc1. The molecule has 0 aliphatic rings. The lowest BCUT2D eigenvalue weighted by atomic mass is 9.84. The third-order valence-corrected chi connectivity index (χ3v) is 11.3. The molecule has 0 aliphatic heterocycles. The van der Waals surface area contributed by atoms with Crippen LogP contribution in [-0.2, 0) is 20.5 Å². The van der Waals surface area contributed by atoms with Gasteiger partial charge in [0.25, 0.3) is 0 Å². The van der Waals surface area contributed by atoms with Gasteiger partial charge < -0.3 is 19.0 Å². The third-order valence-electron chi connectivity index (χ3n) is 8.02. The molecule has 1 N–H and O–H groups in total. The van der Waals surface area contributed by atoms with Crippen LogP contribution >= 0.6 is 23.2 Å². The summed E-state index contributed by atoms with van der Waals surface area (Å²) in [6, 6.07) is 35.2. The first kappa shape index (κ1) is 35.9. The minimum atomic E-state index is -2.17. The van der Waals surface area contributed by atoms with Crippen molar-refractivity contribution in [3.63, 3.8) is 0 Å². The quantitative estimate of drug-likeness (QED) is 0.0811. The van der Waals surface area contributed by atoms with E-state index >= 15 is 0 Å². The summed E-state index contributed by atoms with van der Waals surface area (Å²) in [6.07, 6.45) is 4.66. The third kappa shape index (κ3) is 8.99. The van der Waals surface area contributed by atoms with E-state index in [1.807, 2.05) is 71.4 Å². The number of aromatic nitrogens is 1. The second-order valence-electron chi connectivity index (χ2n) is 12.6. The van der Waals surface area contributed by atoms with E-state index in [9.17, 15) is 9.59 Å². The summed E-state index contributed by atoms with van der Waals surface area (Å²) in [5, 5.41) is 6.32. The number of nitrogens with zero attached hydrogens (tertiary/aromatic N) is 1. The van der Waals surface area contributed by atoms with E-state index in [2.05, 4.69) is 50.4 Å². The van der Waals surface area contributed by atoms with Crippen LogP contribution in [-0.4, -0.2) is 32.1 Å². The Morgan fingerprint density at radius 3 is 2.08 bits per heavy atom. The van der Waals surface area contributed by atoms with Crippen molar-refractivity contribution in [3.8, 4) is 5.69 Å². The standard InChI is InChI=1S/C40H40Cl2N2O4Si/c1-5-47-39(46)29-21-18-28(19-22-29)20-25-35(45)43-27-30-13-12-26-44(30)34-24-23-33(41)36(37(34)42)38(40(2,3)4)48-49(31-14-8-6-9-15-31)32-16-10-7-11-17-32/h6-26,38,49H,5,27H2,1-4H3,(H,43,45). The highest BCUT2D eigenvalue weighted by molar-refractivity contribution is 6.80. The summed E-state index contributed by atoms with van der Waals surface area (Å²) < 4.78 is 14.2. The average molecular weight is 712 g/mol. The van der Waals surface area contributed by atoms with Gasteiger partial charge in [-0.2, -0.15) is 0 Å². The molecule has 1 atom stereocenters. The molecule has 4 aromatic carbocycles. The minimum Gasteiger partial charge on any atom is -0.462 e. The molecule has 1 amide bonds. The lowest BCUT2D eigenvalue weighted by Gasteiger charge is -2.36. The molecule has 5 rings (SSSR count). The first-order chi connectivity index (χ1) is 23.6. The number of carbonyl (C=O) groups is 2. The van der Waals surface area contributed by atoms with E-state index in [0.717, 1.165) is 32.9 Å². The lowest BCUT2D eigenvalue weighted by molar-refractivity contribution is -0.116. The van der Waals surface area contributed by atoms with Crippen LogP contribution in [0.2, 0.25) is 10.0 Å². The van der Waals surface area contributed by atoms with Gasteiger partial charge in [0.1, 0.15) is 0 Å². The molecule has 0 aliphatic carbocycles. The highest BCUT2D eigenvalue weighted by atomic mass is 35.5. The van der Waals surface area contributed by atoms with Gasteiger partial charge in [-0.05, 0) is 70.7 Å². The highest BCUT2D eigenvalue weighted by Gasteiger charge is 2.35. The maximum absolute atomic E-state index is 12.8. The van der Waals surface area contributed by atoms with E-state index in [1.165, 1.54) is 6.08 Å². The number of hydrogen-bond acceptors (Lipinski definition) is 4.